The summed E-state index contributed by atoms with van der Waals surface area (Å²) in [5, 5.41) is 0. The van der Waals surface area contributed by atoms with E-state index in [1.165, 1.54) is 7.11 Å². The number of ether oxygens (including phenoxy) is 1. The average Bonchev–Trinajstić information content (AvgIpc) is 2.34. The van der Waals surface area contributed by atoms with Crippen molar-refractivity contribution in [3.8, 4) is 0 Å². The van der Waals surface area contributed by atoms with E-state index in [1.807, 2.05) is 7.05 Å². The summed E-state index contributed by atoms with van der Waals surface area (Å²) in [6.45, 7) is 2.25. The zero-order valence-electron chi connectivity index (χ0n) is 10.6. The maximum Gasteiger partial charge on any atom is 0.307 e. The van der Waals surface area contributed by atoms with Crippen molar-refractivity contribution in [2.45, 2.75) is 13.3 Å². The molecule has 0 spiro atoms. The van der Waals surface area contributed by atoms with Gasteiger partial charge in [-0.3, -0.25) is 4.79 Å². The molecule has 6 nitrogen and oxygen atoms in total. The van der Waals surface area contributed by atoms with Gasteiger partial charge >= 0.3 is 5.97 Å². The van der Waals surface area contributed by atoms with Crippen molar-refractivity contribution in [2.75, 3.05) is 25.6 Å². The molecule has 2 N–H and O–H groups in total. The number of thiocarbonyl (C=S) groups is 1. The summed E-state index contributed by atoms with van der Waals surface area (Å²) in [5.74, 6) is 0.971. The summed E-state index contributed by atoms with van der Waals surface area (Å²) < 4.78 is 4.59. The molecule has 0 atom stereocenters. The molecule has 1 aromatic rings. The lowest BCUT2D eigenvalue weighted by Crippen LogP contribution is -2.26. The Morgan fingerprint density at radius 1 is 1.61 bits per heavy atom. The van der Waals surface area contributed by atoms with Crippen molar-refractivity contribution in [1.29, 1.82) is 0 Å². The van der Waals surface area contributed by atoms with Crippen LogP contribution >= 0.6 is 12.2 Å². The molecule has 0 aliphatic carbocycles. The molecule has 0 aliphatic rings. The molecule has 98 valence electrons. The molecule has 0 bridgehead atoms. The van der Waals surface area contributed by atoms with Crippen LogP contribution in [-0.4, -0.2) is 41.6 Å². The Hall–Kier alpha value is -1.76. The van der Waals surface area contributed by atoms with Gasteiger partial charge in [-0.15, -0.1) is 0 Å². The molecule has 7 heteroatoms. The number of aryl methyl sites for hydroxylation is 1. The lowest BCUT2D eigenvalue weighted by atomic mass is 10.2. The van der Waals surface area contributed by atoms with Gasteiger partial charge in [0.05, 0.1) is 19.1 Å². The van der Waals surface area contributed by atoms with Gasteiger partial charge in [-0.1, -0.05) is 12.2 Å². The first-order valence-corrected chi connectivity index (χ1v) is 5.78. The zero-order valence-corrected chi connectivity index (χ0v) is 11.5. The van der Waals surface area contributed by atoms with Crippen LogP contribution in [-0.2, 0) is 9.53 Å². The maximum atomic E-state index is 11.1. The second-order valence-electron chi connectivity index (χ2n) is 3.77. The first-order valence-electron chi connectivity index (χ1n) is 5.37. The third-order valence-electron chi connectivity index (χ3n) is 2.40. The molecule has 0 unspecified atom stereocenters. The predicted octanol–water partition coefficient (Wildman–Crippen LogP) is 0.419. The number of methoxy groups -OCH3 is 1. The normalized spacial score (nSPS) is 9.94. The number of carbonyl (C=O) groups excluding carboxylic acids is 1. The Labute approximate surface area is 111 Å². The van der Waals surface area contributed by atoms with Crippen molar-refractivity contribution in [2.24, 2.45) is 5.73 Å². The van der Waals surface area contributed by atoms with Crippen molar-refractivity contribution in [3.63, 3.8) is 0 Å². The van der Waals surface area contributed by atoms with Gasteiger partial charge in [0.1, 0.15) is 16.6 Å². The van der Waals surface area contributed by atoms with Crippen molar-refractivity contribution < 1.29 is 9.53 Å². The van der Waals surface area contributed by atoms with E-state index < -0.39 is 0 Å². The lowest BCUT2D eigenvalue weighted by molar-refractivity contribution is -0.140. The molecule has 1 aromatic heterocycles. The first kappa shape index (κ1) is 14.3. The third-order valence-corrected chi connectivity index (χ3v) is 2.62. The molecule has 18 heavy (non-hydrogen) atoms. The molecule has 0 saturated heterocycles. The highest BCUT2D eigenvalue weighted by Crippen LogP contribution is 2.16. The Morgan fingerprint density at radius 3 is 2.83 bits per heavy atom. The maximum absolute atomic E-state index is 11.1. The van der Waals surface area contributed by atoms with Gasteiger partial charge in [-0.2, -0.15) is 0 Å². The van der Waals surface area contributed by atoms with E-state index in [4.69, 9.17) is 18.0 Å². The fourth-order valence-corrected chi connectivity index (χ4v) is 1.53. The van der Waals surface area contributed by atoms with E-state index >= 15 is 0 Å². The summed E-state index contributed by atoms with van der Waals surface area (Å²) in [7, 11) is 3.17. The second kappa shape index (κ2) is 6.25. The molecule has 0 fully saturated rings. The summed E-state index contributed by atoms with van der Waals surface area (Å²) in [6, 6.07) is 0. The van der Waals surface area contributed by atoms with Crippen molar-refractivity contribution in [1.82, 2.24) is 9.97 Å². The minimum absolute atomic E-state index is 0.231. The summed E-state index contributed by atoms with van der Waals surface area (Å²) in [6.07, 6.45) is 1.86. The van der Waals surface area contributed by atoms with E-state index in [1.54, 1.807) is 18.0 Å². The topological polar surface area (TPSA) is 81.3 Å². The van der Waals surface area contributed by atoms with Gasteiger partial charge in [0.2, 0.25) is 0 Å². The standard InChI is InChI=1S/C11H16N4O2S/c1-7-13-6-8(10(12)18)11(14-7)15(2)5-4-9(16)17-3/h6H,4-5H2,1-3H3,(H2,12,18). The van der Waals surface area contributed by atoms with E-state index in [9.17, 15) is 4.79 Å². The van der Waals surface area contributed by atoms with Crippen LogP contribution in [0.4, 0.5) is 5.82 Å². The van der Waals surface area contributed by atoms with Crippen LogP contribution in [0.25, 0.3) is 0 Å². The largest absolute Gasteiger partial charge is 0.469 e. The quantitative estimate of drug-likeness (QED) is 0.612. The first-order chi connectivity index (χ1) is 8.45. The monoisotopic (exact) mass is 268 g/mol. The van der Waals surface area contributed by atoms with E-state index in [0.717, 1.165) is 0 Å². The molecular weight excluding hydrogens is 252 g/mol. The smallest absolute Gasteiger partial charge is 0.307 e. The van der Waals surface area contributed by atoms with E-state index in [2.05, 4.69) is 14.7 Å². The van der Waals surface area contributed by atoms with Gasteiger partial charge in [0.15, 0.2) is 0 Å². The predicted molar refractivity (Wildman–Crippen MR) is 72.6 cm³/mol. The van der Waals surface area contributed by atoms with Crippen LogP contribution in [0.3, 0.4) is 0 Å². The Kier molecular flexibility index (Phi) is 4.96. The number of aromatic nitrogens is 2. The highest BCUT2D eigenvalue weighted by Gasteiger charge is 2.13. The number of carbonyl (C=O) groups is 1. The van der Waals surface area contributed by atoms with Gasteiger partial charge < -0.3 is 15.4 Å². The molecule has 1 rings (SSSR count). The molecule has 0 aliphatic heterocycles. The molecule has 1 heterocycles. The van der Waals surface area contributed by atoms with Crippen LogP contribution in [0.15, 0.2) is 6.20 Å². The van der Waals surface area contributed by atoms with Crippen LogP contribution in [0, 0.1) is 6.92 Å². The average molecular weight is 268 g/mol. The van der Waals surface area contributed by atoms with Crippen molar-refractivity contribution >= 4 is 29.0 Å². The number of esters is 1. The third kappa shape index (κ3) is 3.63. The van der Waals surface area contributed by atoms with Gasteiger partial charge in [0, 0.05) is 19.8 Å². The number of nitrogens with zero attached hydrogens (tertiary/aromatic N) is 3. The number of hydrogen-bond acceptors (Lipinski definition) is 6. The SMILES string of the molecule is COC(=O)CCN(C)c1nc(C)ncc1C(N)=S. The molecule has 0 radical (unpaired) electrons. The summed E-state index contributed by atoms with van der Waals surface area (Å²) >= 11 is 4.95. The highest BCUT2D eigenvalue weighted by atomic mass is 32.1. The fourth-order valence-electron chi connectivity index (χ4n) is 1.39. The molecule has 0 amide bonds. The van der Waals surface area contributed by atoms with Crippen molar-refractivity contribution in [3.05, 3.63) is 17.6 Å². The zero-order chi connectivity index (χ0) is 13.7. The van der Waals surface area contributed by atoms with Gasteiger partial charge in [-0.25, -0.2) is 9.97 Å². The Morgan fingerprint density at radius 2 is 2.28 bits per heavy atom. The summed E-state index contributed by atoms with van der Waals surface area (Å²) in [4.78, 5) is 21.5. The van der Waals surface area contributed by atoms with Crippen LogP contribution in [0.1, 0.15) is 17.8 Å². The van der Waals surface area contributed by atoms with E-state index in [-0.39, 0.29) is 17.4 Å². The van der Waals surface area contributed by atoms with Crippen LogP contribution in [0.2, 0.25) is 0 Å². The minimum Gasteiger partial charge on any atom is -0.469 e. The fraction of sp³-hybridized carbons (Fsp3) is 0.455. The summed E-state index contributed by atoms with van der Waals surface area (Å²) in [5.41, 5.74) is 6.22. The number of nitrogens with two attached hydrogens (primary N) is 1. The minimum atomic E-state index is -0.274. The van der Waals surface area contributed by atoms with E-state index in [0.29, 0.717) is 23.8 Å². The number of hydrogen-bond donors (Lipinski definition) is 1. The Balaban J connectivity index is 2.89. The number of anilines is 1. The molecule has 0 aromatic carbocycles. The second-order valence-corrected chi connectivity index (χ2v) is 4.21. The number of rotatable bonds is 5. The van der Waals surface area contributed by atoms with Crippen LogP contribution < -0.4 is 10.6 Å². The molecular formula is C11H16N4O2S. The highest BCUT2D eigenvalue weighted by molar-refractivity contribution is 7.80. The Bertz CT molecular complexity index is 464. The van der Waals surface area contributed by atoms with Gasteiger partial charge in [-0.05, 0) is 6.92 Å². The molecule has 0 saturated carbocycles. The van der Waals surface area contributed by atoms with Gasteiger partial charge in [0.25, 0.3) is 0 Å². The lowest BCUT2D eigenvalue weighted by Gasteiger charge is -2.20. The van der Waals surface area contributed by atoms with Crippen LogP contribution in [0.5, 0.6) is 0 Å².